The Bertz CT molecular complexity index is 437. The van der Waals surface area contributed by atoms with Crippen LogP contribution in [-0.4, -0.2) is 33.8 Å². The maximum atomic E-state index is 11.7. The monoisotopic (exact) mass is 296 g/mol. The van der Waals surface area contributed by atoms with E-state index in [0.717, 1.165) is 25.2 Å². The third-order valence-corrected chi connectivity index (χ3v) is 3.05. The van der Waals surface area contributed by atoms with Crippen molar-refractivity contribution < 1.29 is 9.53 Å². The molecule has 0 saturated heterocycles. The zero-order valence-corrected chi connectivity index (χ0v) is 13.8. The first-order chi connectivity index (χ1) is 9.85. The molecule has 1 atom stereocenters. The largest absolute Gasteiger partial charge is 0.444 e. The van der Waals surface area contributed by atoms with E-state index in [9.17, 15) is 4.79 Å². The highest BCUT2D eigenvalue weighted by Gasteiger charge is 2.18. The van der Waals surface area contributed by atoms with Crippen LogP contribution in [0.2, 0.25) is 0 Å². The number of imidazole rings is 1. The molecule has 6 nitrogen and oxygen atoms in total. The van der Waals surface area contributed by atoms with Crippen molar-refractivity contribution in [2.75, 3.05) is 6.54 Å². The average molecular weight is 296 g/mol. The first-order valence-corrected chi connectivity index (χ1v) is 7.55. The second-order valence-corrected chi connectivity index (χ2v) is 6.05. The Kier molecular flexibility index (Phi) is 6.68. The maximum Gasteiger partial charge on any atom is 0.407 e. The molecule has 0 aliphatic carbocycles. The maximum absolute atomic E-state index is 11.7. The fourth-order valence-electron chi connectivity index (χ4n) is 1.93. The van der Waals surface area contributed by atoms with Crippen molar-refractivity contribution in [2.45, 2.75) is 65.8 Å². The number of rotatable bonds is 7. The van der Waals surface area contributed by atoms with Crippen molar-refractivity contribution >= 4 is 6.09 Å². The number of alkyl carbamates (subject to hydrolysis) is 1. The number of nitrogens with zero attached hydrogens (tertiary/aromatic N) is 2. The van der Waals surface area contributed by atoms with E-state index in [0.29, 0.717) is 6.54 Å². The molecule has 2 N–H and O–H groups in total. The molecule has 0 radical (unpaired) electrons. The van der Waals surface area contributed by atoms with Gasteiger partial charge >= 0.3 is 6.09 Å². The van der Waals surface area contributed by atoms with Gasteiger partial charge in [0, 0.05) is 31.9 Å². The molecule has 0 bridgehead atoms. The van der Waals surface area contributed by atoms with Crippen LogP contribution >= 0.6 is 0 Å². The van der Waals surface area contributed by atoms with Crippen LogP contribution in [0.15, 0.2) is 12.5 Å². The lowest BCUT2D eigenvalue weighted by atomic mass is 10.2. The number of aromatic nitrogens is 2. The van der Waals surface area contributed by atoms with Gasteiger partial charge in [0.25, 0.3) is 0 Å². The minimum Gasteiger partial charge on any atom is -0.444 e. The zero-order valence-electron chi connectivity index (χ0n) is 13.8. The number of ether oxygens (including phenoxy) is 1. The van der Waals surface area contributed by atoms with E-state index in [1.54, 1.807) is 0 Å². The van der Waals surface area contributed by atoms with Gasteiger partial charge in [0.2, 0.25) is 0 Å². The molecule has 1 aromatic rings. The summed E-state index contributed by atoms with van der Waals surface area (Å²) in [5, 5.41) is 6.24. The molecule has 0 aromatic carbocycles. The van der Waals surface area contributed by atoms with E-state index in [1.165, 1.54) is 0 Å². The van der Waals surface area contributed by atoms with Gasteiger partial charge < -0.3 is 19.9 Å². The summed E-state index contributed by atoms with van der Waals surface area (Å²) in [7, 11) is 0. The van der Waals surface area contributed by atoms with Crippen molar-refractivity contribution in [1.29, 1.82) is 0 Å². The van der Waals surface area contributed by atoms with Gasteiger partial charge in [-0.1, -0.05) is 6.92 Å². The topological polar surface area (TPSA) is 68.2 Å². The molecule has 1 aromatic heterocycles. The van der Waals surface area contributed by atoms with Crippen LogP contribution in [0.25, 0.3) is 0 Å². The highest BCUT2D eigenvalue weighted by atomic mass is 16.6. The second kappa shape index (κ2) is 8.02. The Balaban J connectivity index is 2.36. The predicted octanol–water partition coefficient (Wildman–Crippen LogP) is 2.30. The van der Waals surface area contributed by atoms with E-state index in [1.807, 2.05) is 40.2 Å². The van der Waals surface area contributed by atoms with Crippen LogP contribution in [0.3, 0.4) is 0 Å². The molecule has 1 unspecified atom stereocenters. The summed E-state index contributed by atoms with van der Waals surface area (Å²) in [6, 6.07) is 0.0536. The fourth-order valence-corrected chi connectivity index (χ4v) is 1.93. The molecule has 0 saturated carbocycles. The number of hydrogen-bond acceptors (Lipinski definition) is 4. The van der Waals surface area contributed by atoms with Crippen LogP contribution in [0, 0.1) is 0 Å². The lowest BCUT2D eigenvalue weighted by Gasteiger charge is -2.23. The van der Waals surface area contributed by atoms with Crippen LogP contribution < -0.4 is 10.6 Å². The van der Waals surface area contributed by atoms with Gasteiger partial charge in [0.05, 0.1) is 12.0 Å². The van der Waals surface area contributed by atoms with Crippen molar-refractivity contribution in [3.63, 3.8) is 0 Å². The second-order valence-electron chi connectivity index (χ2n) is 6.05. The van der Waals surface area contributed by atoms with E-state index >= 15 is 0 Å². The number of carbonyl (C=O) groups excluding carboxylic acids is 1. The standard InChI is InChI=1S/C15H28N4O2/c1-6-12(18-14(20)21-15(3,4)5)8-16-9-13-10-17-11-19(13)7-2/h10-12,16H,6-9H2,1-5H3,(H,18,20). The predicted molar refractivity (Wildman–Crippen MR) is 83.1 cm³/mol. The Morgan fingerprint density at radius 3 is 2.71 bits per heavy atom. The average Bonchev–Trinajstić information content (AvgIpc) is 2.82. The normalized spacial score (nSPS) is 13.0. The summed E-state index contributed by atoms with van der Waals surface area (Å²) < 4.78 is 7.36. The summed E-state index contributed by atoms with van der Waals surface area (Å²) >= 11 is 0. The van der Waals surface area contributed by atoms with Crippen LogP contribution in [0.4, 0.5) is 4.79 Å². The number of carbonyl (C=O) groups is 1. The zero-order chi connectivity index (χ0) is 15.9. The molecule has 1 amide bonds. The Morgan fingerprint density at radius 1 is 1.43 bits per heavy atom. The van der Waals surface area contributed by atoms with Crippen LogP contribution in [0.1, 0.15) is 46.7 Å². The summed E-state index contributed by atoms with van der Waals surface area (Å²) in [6.07, 6.45) is 4.17. The number of nitrogens with one attached hydrogen (secondary N) is 2. The van der Waals surface area contributed by atoms with E-state index in [-0.39, 0.29) is 12.1 Å². The van der Waals surface area contributed by atoms with Crippen molar-refractivity contribution in [3.05, 3.63) is 18.2 Å². The van der Waals surface area contributed by atoms with Crippen LogP contribution in [0.5, 0.6) is 0 Å². The third kappa shape index (κ3) is 6.62. The van der Waals surface area contributed by atoms with E-state index in [4.69, 9.17) is 4.74 Å². The van der Waals surface area contributed by atoms with Gasteiger partial charge in [0.15, 0.2) is 0 Å². The van der Waals surface area contributed by atoms with Gasteiger partial charge in [-0.05, 0) is 34.1 Å². The fraction of sp³-hybridized carbons (Fsp3) is 0.733. The molecule has 0 spiro atoms. The first-order valence-electron chi connectivity index (χ1n) is 7.55. The summed E-state index contributed by atoms with van der Waals surface area (Å²) in [6.45, 7) is 12.0. The quantitative estimate of drug-likeness (QED) is 0.810. The molecule has 0 aliphatic rings. The van der Waals surface area contributed by atoms with Gasteiger partial charge in [-0.2, -0.15) is 0 Å². The number of amides is 1. The van der Waals surface area contributed by atoms with Gasteiger partial charge in [-0.15, -0.1) is 0 Å². The molecule has 6 heteroatoms. The van der Waals surface area contributed by atoms with Crippen molar-refractivity contribution in [1.82, 2.24) is 20.2 Å². The first kappa shape index (κ1) is 17.5. The minimum absolute atomic E-state index is 0.0536. The van der Waals surface area contributed by atoms with Crippen LogP contribution in [-0.2, 0) is 17.8 Å². The summed E-state index contributed by atoms with van der Waals surface area (Å²) in [5.41, 5.74) is 0.674. The highest BCUT2D eigenvalue weighted by Crippen LogP contribution is 2.07. The highest BCUT2D eigenvalue weighted by molar-refractivity contribution is 5.68. The molecular weight excluding hydrogens is 268 g/mol. The van der Waals surface area contributed by atoms with Gasteiger partial charge in [0.1, 0.15) is 5.60 Å². The van der Waals surface area contributed by atoms with Gasteiger partial charge in [-0.3, -0.25) is 0 Å². The SMILES string of the molecule is CCC(CNCc1cncn1CC)NC(=O)OC(C)(C)C. The number of aryl methyl sites for hydroxylation is 1. The summed E-state index contributed by atoms with van der Waals surface area (Å²) in [4.78, 5) is 15.9. The molecule has 1 heterocycles. The van der Waals surface area contributed by atoms with Crippen molar-refractivity contribution in [2.24, 2.45) is 0 Å². The van der Waals surface area contributed by atoms with E-state index < -0.39 is 5.60 Å². The molecule has 0 aliphatic heterocycles. The van der Waals surface area contributed by atoms with Crippen molar-refractivity contribution in [3.8, 4) is 0 Å². The lowest BCUT2D eigenvalue weighted by molar-refractivity contribution is 0.0502. The minimum atomic E-state index is -0.469. The molecule has 21 heavy (non-hydrogen) atoms. The molecule has 120 valence electrons. The van der Waals surface area contributed by atoms with E-state index in [2.05, 4.69) is 27.1 Å². The Labute approximate surface area is 127 Å². The third-order valence-electron chi connectivity index (χ3n) is 3.05. The van der Waals surface area contributed by atoms with Gasteiger partial charge in [-0.25, -0.2) is 9.78 Å². The smallest absolute Gasteiger partial charge is 0.407 e. The number of hydrogen-bond donors (Lipinski definition) is 2. The molecule has 0 fully saturated rings. The summed E-state index contributed by atoms with van der Waals surface area (Å²) in [5.74, 6) is 0. The Morgan fingerprint density at radius 2 is 2.14 bits per heavy atom. The molecule has 1 rings (SSSR count). The molecular formula is C15H28N4O2. The Hall–Kier alpha value is -1.56. The lowest BCUT2D eigenvalue weighted by Crippen LogP contribution is -2.43.